The summed E-state index contributed by atoms with van der Waals surface area (Å²) in [6.45, 7) is 9.28. The molecular formula is C37H28ClN13O12. The number of pyridine rings is 2. The van der Waals surface area contributed by atoms with Crippen LogP contribution < -0.4 is 21.8 Å². The number of aromatic hydroxyl groups is 2. The van der Waals surface area contributed by atoms with Crippen molar-refractivity contribution >= 4 is 75.8 Å². The van der Waals surface area contributed by atoms with E-state index in [1.165, 1.54) is 13.8 Å². The number of halogens is 1. The number of nitrogens with one attached hydrogen (secondary N) is 2. The van der Waals surface area contributed by atoms with E-state index in [1.807, 2.05) is 0 Å². The fraction of sp³-hybridized carbons (Fsp3) is 0.162. The van der Waals surface area contributed by atoms with E-state index < -0.39 is 93.0 Å². The number of nitrogens with zero attached hydrogens (tertiary/aromatic N) is 11. The van der Waals surface area contributed by atoms with Gasteiger partial charge in [-0.2, -0.15) is 20.2 Å². The maximum absolute atomic E-state index is 13.5. The molecule has 0 aliphatic rings. The third kappa shape index (κ3) is 9.69. The molecule has 3 aromatic heterocycles. The molecule has 0 spiro atoms. The molecule has 5 rings (SSSR count). The predicted molar refractivity (Wildman–Crippen MR) is 216 cm³/mol. The minimum absolute atomic E-state index is 0.0118. The van der Waals surface area contributed by atoms with Crippen molar-refractivity contribution < 1.29 is 49.8 Å². The number of carboxylic acid groups (broad SMARTS) is 4. The van der Waals surface area contributed by atoms with Crippen LogP contribution in [0.3, 0.4) is 0 Å². The van der Waals surface area contributed by atoms with Crippen LogP contribution in [0.4, 0.5) is 40.3 Å². The molecule has 0 aliphatic heterocycles. The summed E-state index contributed by atoms with van der Waals surface area (Å²) in [5, 5.41) is 89.5. The number of nitriles is 1. The fourth-order valence-corrected chi connectivity index (χ4v) is 5.77. The first-order valence-corrected chi connectivity index (χ1v) is 17.9. The van der Waals surface area contributed by atoms with E-state index in [-0.39, 0.29) is 64.5 Å². The molecule has 8 N–H and O–H groups in total. The molecule has 0 amide bonds. The van der Waals surface area contributed by atoms with E-state index in [1.54, 1.807) is 6.07 Å². The Kier molecular flexibility index (Phi) is 13.5. The molecule has 0 fully saturated rings. The van der Waals surface area contributed by atoms with Crippen molar-refractivity contribution in [1.29, 1.82) is 5.26 Å². The van der Waals surface area contributed by atoms with Crippen molar-refractivity contribution in [3.8, 4) is 17.8 Å². The molecule has 0 saturated heterocycles. The van der Waals surface area contributed by atoms with Crippen LogP contribution in [-0.2, 0) is 13.2 Å². The van der Waals surface area contributed by atoms with Gasteiger partial charge in [-0.25, -0.2) is 24.0 Å². The monoisotopic (exact) mass is 881 g/mol. The summed E-state index contributed by atoms with van der Waals surface area (Å²) in [7, 11) is 0. The number of hydrogen-bond acceptors (Lipinski definition) is 18. The van der Waals surface area contributed by atoms with Crippen molar-refractivity contribution in [2.24, 2.45) is 20.5 Å². The van der Waals surface area contributed by atoms with E-state index in [9.17, 15) is 64.7 Å². The van der Waals surface area contributed by atoms with Crippen molar-refractivity contribution in [2.75, 3.05) is 17.2 Å². The second-order valence-corrected chi connectivity index (χ2v) is 13.0. The molecule has 0 saturated carbocycles. The molecule has 63 heavy (non-hydrogen) atoms. The van der Waals surface area contributed by atoms with Crippen LogP contribution in [-0.4, -0.2) is 85.1 Å². The van der Waals surface area contributed by atoms with Crippen molar-refractivity contribution in [1.82, 2.24) is 24.1 Å². The summed E-state index contributed by atoms with van der Waals surface area (Å²) in [6, 6.07) is 7.70. The molecule has 0 unspecified atom stereocenters. The van der Waals surface area contributed by atoms with Gasteiger partial charge in [0.05, 0.1) is 35.5 Å². The molecule has 0 atom stereocenters. The number of azo groups is 2. The highest BCUT2D eigenvalue weighted by Crippen LogP contribution is 2.35. The van der Waals surface area contributed by atoms with Gasteiger partial charge < -0.3 is 41.3 Å². The first-order valence-electron chi connectivity index (χ1n) is 17.5. The van der Waals surface area contributed by atoms with Crippen LogP contribution >= 0.6 is 11.6 Å². The standard InChI is InChI=1S/C37H28ClN13O12/c1-15-21(13-39)27(52)50(29(54)25(15)48-46-22-11-17(31(56)57)5-7-19(22)33(60)61)10-4-9-41-36-43-35(38)44-37(45-36)42-14-51-28(53)24(40-3)16(2)26(30(51)55)49-47-23-12-18(32(58)59)6-8-20(23)34(62)63/h5-8,11-12,52-53H,4,9-10,14H2,1-2H3,(H,56,57)(H,58,59)(H,60,61)(H,62,63)(H2,41,42,43,44,45). The normalized spacial score (nSPS) is 11.0. The third-order valence-electron chi connectivity index (χ3n) is 8.82. The zero-order valence-corrected chi connectivity index (χ0v) is 33.0. The van der Waals surface area contributed by atoms with E-state index in [4.69, 9.17) is 18.2 Å². The van der Waals surface area contributed by atoms with Crippen molar-refractivity contribution in [3.63, 3.8) is 0 Å². The van der Waals surface area contributed by atoms with Crippen LogP contribution in [0.1, 0.15) is 64.5 Å². The summed E-state index contributed by atoms with van der Waals surface area (Å²) < 4.78 is 1.48. The first-order chi connectivity index (χ1) is 29.9. The average molecular weight is 882 g/mol. The molecule has 0 bridgehead atoms. The molecule has 3 heterocycles. The maximum Gasteiger partial charge on any atom is 0.337 e. The summed E-state index contributed by atoms with van der Waals surface area (Å²) in [5.41, 5.74) is -6.16. The number of carbonyl (C=O) groups is 4. The maximum atomic E-state index is 13.5. The number of benzene rings is 2. The van der Waals surface area contributed by atoms with E-state index >= 15 is 0 Å². The average Bonchev–Trinajstić information content (AvgIpc) is 3.23. The Bertz CT molecular complexity index is 3020. The van der Waals surface area contributed by atoms with Gasteiger partial charge in [0.1, 0.15) is 28.7 Å². The summed E-state index contributed by atoms with van der Waals surface area (Å²) in [4.78, 5) is 88.6. The SMILES string of the molecule is [C-]#[N+]c1c(C)c(N=Nc2cc(C(=O)O)ccc2C(=O)O)c(=O)n(CNc2nc(Cl)nc(NCCCn3c(O)c(C#N)c(C)c(N=Nc4cc(C(=O)O)ccc4C(=O)O)c3=O)n2)c1O. The smallest absolute Gasteiger partial charge is 0.337 e. The van der Waals surface area contributed by atoms with E-state index in [0.29, 0.717) is 4.57 Å². The molecule has 0 aliphatic carbocycles. The lowest BCUT2D eigenvalue weighted by molar-refractivity contribution is 0.0682. The second-order valence-electron chi connectivity index (χ2n) is 12.7. The molecule has 2 aromatic carbocycles. The lowest BCUT2D eigenvalue weighted by Crippen LogP contribution is -2.25. The molecule has 26 heteroatoms. The largest absolute Gasteiger partial charge is 0.503 e. The number of anilines is 2. The first kappa shape index (κ1) is 45.0. The van der Waals surface area contributed by atoms with E-state index in [2.05, 4.69) is 50.9 Å². The molecule has 0 radical (unpaired) electrons. The molecule has 5 aromatic rings. The molecular weight excluding hydrogens is 854 g/mol. The van der Waals surface area contributed by atoms with Crippen molar-refractivity contribution in [3.05, 3.63) is 113 Å². The third-order valence-corrected chi connectivity index (χ3v) is 8.99. The highest BCUT2D eigenvalue weighted by Gasteiger charge is 2.22. The van der Waals surface area contributed by atoms with Gasteiger partial charge in [-0.3, -0.25) is 18.7 Å². The zero-order chi connectivity index (χ0) is 46.3. The number of rotatable bonds is 16. The minimum atomic E-state index is -1.47. The Balaban J connectivity index is 1.35. The topological polar surface area (TPSA) is 374 Å². The van der Waals surface area contributed by atoms with Gasteiger partial charge in [-0.05, 0) is 73.8 Å². The second kappa shape index (κ2) is 18.9. The number of aromatic nitrogens is 5. The Morgan fingerprint density at radius 1 is 0.762 bits per heavy atom. The molecule has 320 valence electrons. The van der Waals surface area contributed by atoms with Gasteiger partial charge in [0, 0.05) is 18.7 Å². The van der Waals surface area contributed by atoms with Gasteiger partial charge in [0.15, 0.2) is 11.6 Å². The fourth-order valence-electron chi connectivity index (χ4n) is 5.61. The quantitative estimate of drug-likeness (QED) is 0.0345. The van der Waals surface area contributed by atoms with Crippen LogP contribution in [0.25, 0.3) is 4.85 Å². The Hall–Kier alpha value is -9.10. The summed E-state index contributed by atoms with van der Waals surface area (Å²) in [6.07, 6.45) is 0.0474. The Morgan fingerprint density at radius 2 is 1.27 bits per heavy atom. The number of carboxylic acids is 4. The van der Waals surface area contributed by atoms with Crippen LogP contribution in [0.5, 0.6) is 11.8 Å². The van der Waals surface area contributed by atoms with Crippen molar-refractivity contribution in [2.45, 2.75) is 33.5 Å². The van der Waals surface area contributed by atoms with Crippen LogP contribution in [0.15, 0.2) is 66.4 Å². The predicted octanol–water partition coefficient (Wildman–Crippen LogP) is 5.49. The van der Waals surface area contributed by atoms with Crippen LogP contribution in [0, 0.1) is 31.8 Å². The number of aromatic carboxylic acids is 4. The minimum Gasteiger partial charge on any atom is -0.503 e. The Morgan fingerprint density at radius 3 is 1.76 bits per heavy atom. The van der Waals surface area contributed by atoms with Gasteiger partial charge in [0.25, 0.3) is 11.1 Å². The highest BCUT2D eigenvalue weighted by atomic mass is 35.5. The van der Waals surface area contributed by atoms with Gasteiger partial charge in [0.2, 0.25) is 28.7 Å². The number of hydrogen-bond donors (Lipinski definition) is 8. The summed E-state index contributed by atoms with van der Waals surface area (Å²) in [5.74, 6) is -7.59. The lowest BCUT2D eigenvalue weighted by atomic mass is 10.1. The van der Waals surface area contributed by atoms with Gasteiger partial charge in [-0.1, -0.05) is 0 Å². The zero-order valence-electron chi connectivity index (χ0n) is 32.2. The highest BCUT2D eigenvalue weighted by molar-refractivity contribution is 6.28. The molecule has 25 nitrogen and oxygen atoms in total. The summed E-state index contributed by atoms with van der Waals surface area (Å²) >= 11 is 6.10. The Labute approximate surface area is 356 Å². The van der Waals surface area contributed by atoms with Gasteiger partial charge in [-0.15, -0.1) is 20.5 Å². The van der Waals surface area contributed by atoms with E-state index in [0.717, 1.165) is 41.0 Å². The van der Waals surface area contributed by atoms with Crippen LogP contribution in [0.2, 0.25) is 5.28 Å². The lowest BCUT2D eigenvalue weighted by Gasteiger charge is -2.15. The van der Waals surface area contributed by atoms with Gasteiger partial charge >= 0.3 is 23.9 Å².